The van der Waals surface area contributed by atoms with E-state index in [1.165, 1.54) is 37.6 Å². The molecule has 0 spiro atoms. The molecule has 2 aromatic heterocycles. The van der Waals surface area contributed by atoms with Crippen molar-refractivity contribution < 1.29 is 31.1 Å². The second kappa shape index (κ2) is 7.82. The van der Waals surface area contributed by atoms with Crippen LogP contribution in [0.3, 0.4) is 0 Å². The van der Waals surface area contributed by atoms with E-state index in [2.05, 4.69) is 20.1 Å². The van der Waals surface area contributed by atoms with E-state index < -0.39 is 16.3 Å². The highest BCUT2D eigenvalue weighted by Crippen LogP contribution is 2.32. The molecule has 1 aliphatic rings. The number of halogens is 3. The predicted molar refractivity (Wildman–Crippen MR) is 107 cm³/mol. The Morgan fingerprint density at radius 3 is 2.66 bits per heavy atom. The average Bonchev–Trinajstić information content (AvgIpc) is 3.24. The van der Waals surface area contributed by atoms with Crippen LogP contribution in [-0.4, -0.2) is 42.7 Å². The number of ether oxygens (including phenoxy) is 1. The Morgan fingerprint density at radius 1 is 1.19 bits per heavy atom. The summed E-state index contributed by atoms with van der Waals surface area (Å²) in [6.07, 6.45) is -1.16. The van der Waals surface area contributed by atoms with Crippen molar-refractivity contribution in [3.8, 4) is 16.9 Å². The molecule has 1 amide bonds. The van der Waals surface area contributed by atoms with Crippen molar-refractivity contribution in [1.29, 1.82) is 0 Å². The number of hydrogen-bond donors (Lipinski definition) is 2. The molecule has 1 aromatic carbocycles. The number of anilines is 1. The highest BCUT2D eigenvalue weighted by molar-refractivity contribution is 7.92. The summed E-state index contributed by atoms with van der Waals surface area (Å²) in [4.78, 5) is 15.8. The minimum Gasteiger partial charge on any atom is -0.495 e. The third-order valence-corrected chi connectivity index (χ3v) is 6.15. The van der Waals surface area contributed by atoms with Crippen LogP contribution in [-0.2, 0) is 22.7 Å². The maximum Gasteiger partial charge on any atom is 0.504 e. The van der Waals surface area contributed by atoms with E-state index in [4.69, 9.17) is 4.74 Å². The molecule has 0 atom stereocenters. The number of aromatic nitrogens is 3. The minimum atomic E-state index is -4.70. The number of rotatable bonds is 5. The van der Waals surface area contributed by atoms with Crippen molar-refractivity contribution in [3.05, 3.63) is 54.1 Å². The van der Waals surface area contributed by atoms with Crippen molar-refractivity contribution in [3.63, 3.8) is 0 Å². The lowest BCUT2D eigenvalue weighted by atomic mass is 10.1. The first-order chi connectivity index (χ1) is 15.1. The smallest absolute Gasteiger partial charge is 0.495 e. The molecular formula is C19H16F3N5O4S. The molecule has 0 saturated carbocycles. The average molecular weight is 467 g/mol. The fourth-order valence-electron chi connectivity index (χ4n) is 3.22. The van der Waals surface area contributed by atoms with Crippen LogP contribution in [0, 0.1) is 0 Å². The molecule has 3 aromatic rings. The second-order valence-corrected chi connectivity index (χ2v) is 8.49. The Bertz CT molecular complexity index is 1300. The lowest BCUT2D eigenvalue weighted by molar-refractivity contribution is -0.212. The first-order valence-electron chi connectivity index (χ1n) is 9.19. The van der Waals surface area contributed by atoms with E-state index in [0.29, 0.717) is 18.7 Å². The number of carbonyl (C=O) groups is 1. The number of methoxy groups -OCH3 is 1. The van der Waals surface area contributed by atoms with Gasteiger partial charge in [0.05, 0.1) is 36.4 Å². The lowest BCUT2D eigenvalue weighted by Crippen LogP contribution is -2.32. The van der Waals surface area contributed by atoms with Crippen LogP contribution < -0.4 is 14.8 Å². The van der Waals surface area contributed by atoms with Gasteiger partial charge >= 0.3 is 6.30 Å². The molecule has 32 heavy (non-hydrogen) atoms. The molecule has 0 aliphatic carbocycles. The predicted octanol–water partition coefficient (Wildman–Crippen LogP) is 2.52. The molecule has 0 unspecified atom stereocenters. The van der Waals surface area contributed by atoms with Gasteiger partial charge in [-0.15, -0.1) is 13.2 Å². The van der Waals surface area contributed by atoms with Gasteiger partial charge in [0.2, 0.25) is 0 Å². The highest BCUT2D eigenvalue weighted by atomic mass is 32.2. The van der Waals surface area contributed by atoms with Crippen molar-refractivity contribution in [2.75, 3.05) is 18.4 Å². The third kappa shape index (κ3) is 4.10. The maximum absolute atomic E-state index is 13.1. The Kier molecular flexibility index (Phi) is 5.28. The van der Waals surface area contributed by atoms with Gasteiger partial charge in [-0.3, -0.25) is 14.5 Å². The molecule has 0 saturated heterocycles. The SMILES string of the molecule is COc1ccc(-c2cnn(C(F)(F)F)c2)cc1S(=O)(=O)Nc1cnc2c(c1)C(=O)NCC2. The van der Waals surface area contributed by atoms with E-state index in [9.17, 15) is 26.4 Å². The lowest BCUT2D eigenvalue weighted by Gasteiger charge is -2.17. The maximum atomic E-state index is 13.1. The van der Waals surface area contributed by atoms with Gasteiger partial charge in [0.25, 0.3) is 15.9 Å². The van der Waals surface area contributed by atoms with E-state index in [-0.39, 0.29) is 43.6 Å². The summed E-state index contributed by atoms with van der Waals surface area (Å²) < 4.78 is 71.9. The number of fused-ring (bicyclic) bond motifs is 1. The van der Waals surface area contributed by atoms with Gasteiger partial charge in [0, 0.05) is 24.7 Å². The van der Waals surface area contributed by atoms with Crippen molar-refractivity contribution in [2.45, 2.75) is 17.6 Å². The molecule has 0 fully saturated rings. The Morgan fingerprint density at radius 2 is 1.97 bits per heavy atom. The highest BCUT2D eigenvalue weighted by Gasteiger charge is 2.32. The normalized spacial score (nSPS) is 13.9. The van der Waals surface area contributed by atoms with E-state index in [1.54, 1.807) is 0 Å². The molecular weight excluding hydrogens is 451 g/mol. The van der Waals surface area contributed by atoms with Crippen molar-refractivity contribution in [1.82, 2.24) is 20.1 Å². The van der Waals surface area contributed by atoms with Gasteiger partial charge in [-0.05, 0) is 23.8 Å². The van der Waals surface area contributed by atoms with Gasteiger partial charge in [-0.2, -0.15) is 9.78 Å². The zero-order chi connectivity index (χ0) is 23.1. The van der Waals surface area contributed by atoms with Gasteiger partial charge in [-0.25, -0.2) is 8.42 Å². The summed E-state index contributed by atoms with van der Waals surface area (Å²) in [6, 6.07) is 5.29. The van der Waals surface area contributed by atoms with Crippen LogP contribution in [0.25, 0.3) is 11.1 Å². The molecule has 13 heteroatoms. The number of alkyl halides is 3. The summed E-state index contributed by atoms with van der Waals surface area (Å²) in [5, 5.41) is 5.92. The number of benzene rings is 1. The van der Waals surface area contributed by atoms with Crippen LogP contribution in [0.15, 0.2) is 47.8 Å². The van der Waals surface area contributed by atoms with E-state index in [0.717, 1.165) is 12.4 Å². The summed E-state index contributed by atoms with van der Waals surface area (Å²) in [5.41, 5.74) is 1.12. The Hall–Kier alpha value is -3.61. The molecule has 0 radical (unpaired) electrons. The number of amides is 1. The topological polar surface area (TPSA) is 115 Å². The summed E-state index contributed by atoms with van der Waals surface area (Å²) in [5.74, 6) is -0.380. The molecule has 2 N–H and O–H groups in total. The quantitative estimate of drug-likeness (QED) is 0.596. The summed E-state index contributed by atoms with van der Waals surface area (Å²) >= 11 is 0. The fourth-order valence-corrected chi connectivity index (χ4v) is 4.45. The molecule has 168 valence electrons. The van der Waals surface area contributed by atoms with Crippen LogP contribution in [0.2, 0.25) is 0 Å². The first-order valence-corrected chi connectivity index (χ1v) is 10.7. The minimum absolute atomic E-state index is 0.0203. The zero-order valence-corrected chi connectivity index (χ0v) is 17.3. The molecule has 9 nitrogen and oxygen atoms in total. The Labute approximate surface area is 180 Å². The Balaban J connectivity index is 1.70. The van der Waals surface area contributed by atoms with Gasteiger partial charge < -0.3 is 10.1 Å². The monoisotopic (exact) mass is 467 g/mol. The molecule has 1 aliphatic heterocycles. The summed E-state index contributed by atoms with van der Waals surface area (Å²) in [7, 11) is -2.98. The molecule has 4 rings (SSSR count). The largest absolute Gasteiger partial charge is 0.504 e. The second-order valence-electron chi connectivity index (χ2n) is 6.84. The van der Waals surface area contributed by atoms with E-state index in [1.807, 2.05) is 0 Å². The number of nitrogens with one attached hydrogen (secondary N) is 2. The summed E-state index contributed by atoms with van der Waals surface area (Å²) in [6.45, 7) is 0.443. The number of sulfonamides is 1. The van der Waals surface area contributed by atoms with Gasteiger partial charge in [0.1, 0.15) is 10.6 Å². The number of pyridine rings is 1. The zero-order valence-electron chi connectivity index (χ0n) is 16.5. The number of hydrogen-bond acceptors (Lipinski definition) is 6. The molecule has 3 heterocycles. The number of nitrogens with zero attached hydrogens (tertiary/aromatic N) is 3. The van der Waals surface area contributed by atoms with Crippen LogP contribution >= 0.6 is 0 Å². The van der Waals surface area contributed by atoms with Crippen molar-refractivity contribution in [2.24, 2.45) is 0 Å². The van der Waals surface area contributed by atoms with Crippen LogP contribution in [0.4, 0.5) is 18.9 Å². The van der Waals surface area contributed by atoms with E-state index >= 15 is 0 Å². The first kappa shape index (κ1) is 21.6. The third-order valence-electron chi connectivity index (χ3n) is 4.74. The standard InChI is InChI=1S/C19H16F3N5O4S/c1-31-16-3-2-11(12-8-25-27(10-12)19(20,21)22)6-17(16)32(29,30)26-13-7-14-15(24-9-13)4-5-23-18(14)28/h2-3,6-10,26H,4-5H2,1H3,(H,23,28). The van der Waals surface area contributed by atoms with Crippen molar-refractivity contribution >= 4 is 21.6 Å². The van der Waals surface area contributed by atoms with Crippen LogP contribution in [0.1, 0.15) is 16.1 Å². The fraction of sp³-hybridized carbons (Fsp3) is 0.211. The van der Waals surface area contributed by atoms with Gasteiger partial charge in [-0.1, -0.05) is 6.07 Å². The molecule has 0 bridgehead atoms. The van der Waals surface area contributed by atoms with Gasteiger partial charge in [0.15, 0.2) is 0 Å². The van der Waals surface area contributed by atoms with Crippen LogP contribution in [0.5, 0.6) is 5.75 Å². The number of carbonyl (C=O) groups excluding carboxylic acids is 1.